The summed E-state index contributed by atoms with van der Waals surface area (Å²) in [7, 11) is 0. The van der Waals surface area contributed by atoms with Crippen molar-refractivity contribution < 1.29 is 22.2 Å². The van der Waals surface area contributed by atoms with Crippen LogP contribution in [0.1, 0.15) is 17.8 Å². The largest absolute Gasteiger partial charge is 0.318 e. The van der Waals surface area contributed by atoms with Crippen LogP contribution in [0.5, 0.6) is 0 Å². The quantitative estimate of drug-likeness (QED) is 0.177. The number of anilines is 6. The second kappa shape index (κ2) is 9.33. The monoisotopic (exact) mass is 653 g/mol. The van der Waals surface area contributed by atoms with Gasteiger partial charge in [-0.25, -0.2) is 4.39 Å². The third kappa shape index (κ3) is 3.12. The van der Waals surface area contributed by atoms with Crippen molar-refractivity contribution in [3.8, 4) is 11.4 Å². The van der Waals surface area contributed by atoms with Crippen LogP contribution in [0.2, 0.25) is 0 Å². The Morgan fingerprint density at radius 3 is 1.90 bits per heavy atom. The molecule has 0 atom stereocenters. The SMILES string of the molecule is [2H]c1c([2H])c([2H])c(N2c3cc(F)cc4c3B3c5c2c([2H])c([2H])c([2H])c5-n2c3c(c3ccc5c6ccccc6n(-c6ccccc6)c5c32)N4c2c([2H])c([2H])c([2H])c([2H])c2[2H])c([2H])c1[2H]. The first-order valence-corrected chi connectivity index (χ1v) is 16.0. The van der Waals surface area contributed by atoms with Crippen molar-refractivity contribution in [2.24, 2.45) is 0 Å². The summed E-state index contributed by atoms with van der Waals surface area (Å²) >= 11 is 0. The molecule has 0 bridgehead atoms. The molecule has 0 N–H and O–H groups in total. The Labute approximate surface area is 305 Å². The Bertz CT molecular complexity index is 3610. The van der Waals surface area contributed by atoms with Gasteiger partial charge >= 0.3 is 0 Å². The predicted octanol–water partition coefficient (Wildman–Crippen LogP) is 9.26. The summed E-state index contributed by atoms with van der Waals surface area (Å²) < 4.78 is 138. The molecule has 0 spiro atoms. The second-order valence-electron chi connectivity index (χ2n) is 12.5. The van der Waals surface area contributed by atoms with E-state index in [1.165, 1.54) is 15.9 Å². The zero-order valence-corrected chi connectivity index (χ0v) is 25.7. The molecule has 0 saturated heterocycles. The van der Waals surface area contributed by atoms with Crippen LogP contribution in [-0.2, 0) is 0 Å². The van der Waals surface area contributed by atoms with Gasteiger partial charge in [-0.2, -0.15) is 0 Å². The van der Waals surface area contributed by atoms with Crippen molar-refractivity contribution in [3.63, 3.8) is 0 Å². The van der Waals surface area contributed by atoms with Crippen molar-refractivity contribution in [2.75, 3.05) is 9.80 Å². The summed E-state index contributed by atoms with van der Waals surface area (Å²) in [5.74, 6) is -0.881. The molecule has 0 saturated carbocycles. The zero-order valence-electron chi connectivity index (χ0n) is 38.7. The number of halogens is 1. The minimum absolute atomic E-state index is 0.0349. The lowest BCUT2D eigenvalue weighted by Gasteiger charge is -2.41. The van der Waals surface area contributed by atoms with E-state index in [0.29, 0.717) is 33.2 Å². The predicted molar refractivity (Wildman–Crippen MR) is 205 cm³/mol. The van der Waals surface area contributed by atoms with E-state index in [2.05, 4.69) is 4.57 Å². The molecule has 6 heteroatoms. The van der Waals surface area contributed by atoms with Gasteiger partial charge in [-0.3, -0.25) is 0 Å². The Balaban J connectivity index is 1.37. The Hall–Kier alpha value is -6.53. The van der Waals surface area contributed by atoms with E-state index in [1.807, 2.05) is 71.3 Å². The standard InChI is InChI=1S/C44H26BFN4/c46-27-25-37-40-38(26-27)49(30-17-8-3-9-18-30)43-33-24-23-32-31-19-10-11-20-34(31)48(29-15-6-2-7-16-29)41(32)42(33)50-36-22-12-21-35(39(36)45(40)44(43)50)47(37)28-13-4-1-5-14-28/h1-26H/i1D,3D,4D,5D,8D,9D,12D,13D,14D,17D,18D,21D,22D. The third-order valence-electron chi connectivity index (χ3n) is 10.2. The molecule has 0 fully saturated rings. The van der Waals surface area contributed by atoms with Crippen molar-refractivity contribution >= 4 is 90.1 Å². The third-order valence-corrected chi connectivity index (χ3v) is 10.2. The van der Waals surface area contributed by atoms with Gasteiger partial charge in [-0.05, 0) is 83.6 Å². The van der Waals surface area contributed by atoms with E-state index >= 15 is 4.39 Å². The number of benzene rings is 7. The van der Waals surface area contributed by atoms with Gasteiger partial charge in [0.15, 0.2) is 0 Å². The normalized spacial score (nSPS) is 17.2. The number of nitrogens with zero attached hydrogens (tertiary/aromatic N) is 4. The van der Waals surface area contributed by atoms with E-state index < -0.39 is 90.7 Å². The van der Waals surface area contributed by atoms with Gasteiger partial charge in [-0.15, -0.1) is 0 Å². The molecule has 4 nitrogen and oxygen atoms in total. The summed E-state index contributed by atoms with van der Waals surface area (Å²) in [5.41, 5.74) is 3.51. The average Bonchev–Trinajstić information content (AvgIpc) is 3.93. The maximum atomic E-state index is 16.8. The minimum Gasteiger partial charge on any atom is -0.318 e. The maximum Gasteiger partial charge on any atom is 0.275 e. The number of hydrogen-bond donors (Lipinski definition) is 0. The molecular formula is C44H26BFN4. The Morgan fingerprint density at radius 2 is 1.12 bits per heavy atom. The van der Waals surface area contributed by atoms with Gasteiger partial charge in [-0.1, -0.05) is 84.8 Å². The number of aromatic nitrogens is 2. The molecule has 0 radical (unpaired) electrons. The van der Waals surface area contributed by atoms with Crippen molar-refractivity contribution in [1.29, 1.82) is 0 Å². The van der Waals surface area contributed by atoms with Crippen LogP contribution in [0.15, 0.2) is 157 Å². The van der Waals surface area contributed by atoms with Gasteiger partial charge in [0.25, 0.3) is 6.71 Å². The van der Waals surface area contributed by atoms with Crippen LogP contribution >= 0.6 is 0 Å². The lowest BCUT2D eigenvalue weighted by Crippen LogP contribution is -2.59. The van der Waals surface area contributed by atoms with E-state index in [4.69, 9.17) is 11.0 Å². The molecule has 2 aromatic heterocycles. The van der Waals surface area contributed by atoms with E-state index in [1.54, 1.807) is 0 Å². The van der Waals surface area contributed by atoms with E-state index in [9.17, 15) is 6.85 Å². The molecule has 0 aliphatic carbocycles. The lowest BCUT2D eigenvalue weighted by atomic mass is 9.36. The van der Waals surface area contributed by atoms with Crippen molar-refractivity contribution in [3.05, 3.63) is 163 Å². The van der Waals surface area contributed by atoms with Crippen LogP contribution in [0.3, 0.4) is 0 Å². The van der Waals surface area contributed by atoms with Crippen LogP contribution in [-0.4, -0.2) is 15.8 Å². The maximum absolute atomic E-state index is 16.8. The molecule has 12 rings (SSSR count). The van der Waals surface area contributed by atoms with Gasteiger partial charge in [0.2, 0.25) is 0 Å². The number of fused-ring (bicyclic) bond motifs is 8. The molecule has 3 aliphatic heterocycles. The number of para-hydroxylation sites is 4. The molecule has 0 amide bonds. The fraction of sp³-hybridized carbons (Fsp3) is 0. The first kappa shape index (κ1) is 17.2. The van der Waals surface area contributed by atoms with Crippen molar-refractivity contribution in [1.82, 2.24) is 9.13 Å². The summed E-state index contributed by atoms with van der Waals surface area (Å²) in [5, 5.41) is 2.21. The fourth-order valence-corrected chi connectivity index (χ4v) is 8.51. The van der Waals surface area contributed by atoms with E-state index in [-0.39, 0.29) is 39.9 Å². The number of hydrogen-bond acceptors (Lipinski definition) is 2. The first-order chi connectivity index (χ1) is 30.2. The van der Waals surface area contributed by atoms with Gasteiger partial charge in [0.1, 0.15) is 5.82 Å². The second-order valence-corrected chi connectivity index (χ2v) is 12.5. The van der Waals surface area contributed by atoms with Gasteiger partial charge in [0.05, 0.1) is 40.1 Å². The average molecular weight is 654 g/mol. The molecule has 0 unspecified atom stereocenters. The highest BCUT2D eigenvalue weighted by Crippen LogP contribution is 2.51. The lowest BCUT2D eigenvalue weighted by molar-refractivity contribution is 0.628. The van der Waals surface area contributed by atoms with Gasteiger partial charge in [0, 0.05) is 61.6 Å². The van der Waals surface area contributed by atoms with Gasteiger partial charge < -0.3 is 18.9 Å². The molecule has 232 valence electrons. The topological polar surface area (TPSA) is 16.3 Å². The first-order valence-electron chi connectivity index (χ1n) is 22.5. The number of rotatable bonds is 3. The Kier molecular flexibility index (Phi) is 3.22. The molecule has 3 aliphatic rings. The molecular weight excluding hydrogens is 614 g/mol. The highest BCUT2D eigenvalue weighted by molar-refractivity contribution is 7.02. The summed E-state index contributed by atoms with van der Waals surface area (Å²) in [4.78, 5) is 2.64. The minimum atomic E-state index is -0.941. The highest BCUT2D eigenvalue weighted by Gasteiger charge is 2.51. The summed E-state index contributed by atoms with van der Waals surface area (Å²) in [6.07, 6.45) is 0. The molecule has 50 heavy (non-hydrogen) atoms. The van der Waals surface area contributed by atoms with Crippen molar-refractivity contribution in [2.45, 2.75) is 0 Å². The van der Waals surface area contributed by atoms with E-state index in [0.717, 1.165) is 28.0 Å². The molecule has 5 heterocycles. The highest BCUT2D eigenvalue weighted by atomic mass is 19.1. The smallest absolute Gasteiger partial charge is 0.275 e. The van der Waals surface area contributed by atoms with Crippen LogP contribution in [0.25, 0.3) is 44.1 Å². The Morgan fingerprint density at radius 1 is 0.500 bits per heavy atom. The van der Waals surface area contributed by atoms with Crippen LogP contribution in [0, 0.1) is 5.82 Å². The van der Waals surface area contributed by atoms with Crippen LogP contribution in [0.4, 0.5) is 38.5 Å². The fourth-order valence-electron chi connectivity index (χ4n) is 8.51. The zero-order chi connectivity index (χ0) is 44.0. The molecule has 9 aromatic rings. The summed E-state index contributed by atoms with van der Waals surface area (Å²) in [6, 6.07) is 15.7. The molecule has 7 aromatic carbocycles. The van der Waals surface area contributed by atoms with Crippen LogP contribution < -0.4 is 26.3 Å². The summed E-state index contributed by atoms with van der Waals surface area (Å²) in [6.45, 7) is -0.941.